The second-order valence-corrected chi connectivity index (χ2v) is 6.33. The van der Waals surface area contributed by atoms with Crippen LogP contribution in [0.4, 0.5) is 4.79 Å². The number of aromatic nitrogens is 2. The molecule has 5 nitrogen and oxygen atoms in total. The summed E-state index contributed by atoms with van der Waals surface area (Å²) in [6.07, 6.45) is 4.58. The van der Waals surface area contributed by atoms with E-state index in [4.69, 9.17) is 0 Å². The average Bonchev–Trinajstić information content (AvgIpc) is 3.15. The molecular formula is C19H20N4O. The van der Waals surface area contributed by atoms with Crippen molar-refractivity contribution in [3.05, 3.63) is 71.5 Å². The monoisotopic (exact) mass is 320 g/mol. The Balaban J connectivity index is 1.38. The van der Waals surface area contributed by atoms with Crippen molar-refractivity contribution < 1.29 is 4.79 Å². The summed E-state index contributed by atoms with van der Waals surface area (Å²) in [5, 5.41) is 10.3. The summed E-state index contributed by atoms with van der Waals surface area (Å²) in [5.41, 5.74) is 4.69. The van der Waals surface area contributed by atoms with E-state index >= 15 is 0 Å². The van der Waals surface area contributed by atoms with Gasteiger partial charge in [-0.2, -0.15) is 5.10 Å². The lowest BCUT2D eigenvalue weighted by Gasteiger charge is -2.18. The molecular weight excluding hydrogens is 300 g/mol. The number of urea groups is 1. The van der Waals surface area contributed by atoms with Gasteiger partial charge in [-0.1, -0.05) is 37.3 Å². The first kappa shape index (κ1) is 14.8. The van der Waals surface area contributed by atoms with Crippen LogP contribution in [-0.2, 0) is 13.0 Å². The van der Waals surface area contributed by atoms with Crippen LogP contribution in [0, 0.1) is 0 Å². The first-order valence-electron chi connectivity index (χ1n) is 8.26. The minimum Gasteiger partial charge on any atom is -0.334 e. The van der Waals surface area contributed by atoms with Crippen LogP contribution in [0.25, 0.3) is 5.52 Å². The van der Waals surface area contributed by atoms with Crippen LogP contribution < -0.4 is 10.6 Å². The van der Waals surface area contributed by atoms with Crippen LogP contribution in [0.3, 0.4) is 0 Å². The maximum absolute atomic E-state index is 12.3. The van der Waals surface area contributed by atoms with Crippen molar-refractivity contribution in [1.29, 1.82) is 0 Å². The average molecular weight is 320 g/mol. The third-order valence-corrected chi connectivity index (χ3v) is 4.85. The number of pyridine rings is 1. The Morgan fingerprint density at radius 3 is 2.96 bits per heavy atom. The molecule has 122 valence electrons. The molecule has 3 aromatic rings. The Hall–Kier alpha value is -2.82. The Morgan fingerprint density at radius 2 is 2.08 bits per heavy atom. The van der Waals surface area contributed by atoms with Crippen LogP contribution in [0.1, 0.15) is 29.5 Å². The molecule has 2 atom stereocenters. The van der Waals surface area contributed by atoms with Crippen LogP contribution in [0.15, 0.2) is 54.9 Å². The second-order valence-electron chi connectivity index (χ2n) is 6.33. The molecule has 2 amide bonds. The van der Waals surface area contributed by atoms with Crippen molar-refractivity contribution in [3.8, 4) is 0 Å². The maximum atomic E-state index is 12.3. The zero-order valence-electron chi connectivity index (χ0n) is 13.6. The quantitative estimate of drug-likeness (QED) is 0.779. The van der Waals surface area contributed by atoms with Gasteiger partial charge in [0.05, 0.1) is 11.7 Å². The molecule has 0 saturated heterocycles. The standard InChI is InChI=1S/C19H20N4O/c1-13-16-7-3-2-6-14(16)10-17(13)22-19(24)20-11-15-12-21-23-9-5-4-8-18(15)23/h2-9,12-13,17H,10-11H2,1H3,(H2,20,22,24)/t13-,17+/m0/s1. The molecule has 5 heteroatoms. The van der Waals surface area contributed by atoms with Crippen molar-refractivity contribution >= 4 is 11.5 Å². The fraction of sp³-hybridized carbons (Fsp3) is 0.263. The van der Waals surface area contributed by atoms with Crippen molar-refractivity contribution in [1.82, 2.24) is 20.2 Å². The Bertz CT molecular complexity index is 886. The number of nitrogens with zero attached hydrogens (tertiary/aromatic N) is 2. The first-order chi connectivity index (χ1) is 11.7. The highest BCUT2D eigenvalue weighted by atomic mass is 16.2. The lowest BCUT2D eigenvalue weighted by Crippen LogP contribution is -2.43. The molecule has 2 N–H and O–H groups in total. The Morgan fingerprint density at radius 1 is 1.25 bits per heavy atom. The smallest absolute Gasteiger partial charge is 0.315 e. The summed E-state index contributed by atoms with van der Waals surface area (Å²) in [6, 6.07) is 14.3. The van der Waals surface area contributed by atoms with Gasteiger partial charge >= 0.3 is 6.03 Å². The molecule has 1 aliphatic rings. The summed E-state index contributed by atoms with van der Waals surface area (Å²) in [7, 11) is 0. The minimum absolute atomic E-state index is 0.130. The number of carbonyl (C=O) groups is 1. The molecule has 0 bridgehead atoms. The number of hydrogen-bond acceptors (Lipinski definition) is 2. The molecule has 0 unspecified atom stereocenters. The molecule has 0 aliphatic heterocycles. The van der Waals surface area contributed by atoms with Crippen LogP contribution in [-0.4, -0.2) is 21.7 Å². The van der Waals surface area contributed by atoms with Crippen molar-refractivity contribution in [2.24, 2.45) is 0 Å². The first-order valence-corrected chi connectivity index (χ1v) is 8.26. The van der Waals surface area contributed by atoms with Crippen molar-refractivity contribution in [2.75, 3.05) is 0 Å². The van der Waals surface area contributed by atoms with Crippen molar-refractivity contribution in [3.63, 3.8) is 0 Å². The summed E-state index contributed by atoms with van der Waals surface area (Å²) in [4.78, 5) is 12.3. The van der Waals surface area contributed by atoms with E-state index in [2.05, 4.69) is 46.9 Å². The number of hydrogen-bond donors (Lipinski definition) is 2. The van der Waals surface area contributed by atoms with E-state index in [1.54, 1.807) is 6.20 Å². The lowest BCUT2D eigenvalue weighted by molar-refractivity contribution is 0.235. The molecule has 1 aromatic carbocycles. The van der Waals surface area contributed by atoms with Crippen LogP contribution in [0.5, 0.6) is 0 Å². The molecule has 1 aliphatic carbocycles. The second kappa shape index (κ2) is 6.00. The molecule has 2 aromatic heterocycles. The molecule has 0 radical (unpaired) electrons. The van der Waals surface area contributed by atoms with E-state index in [1.807, 2.05) is 28.9 Å². The van der Waals surface area contributed by atoms with Gasteiger partial charge in [-0.15, -0.1) is 0 Å². The number of benzene rings is 1. The van der Waals surface area contributed by atoms with E-state index in [0.29, 0.717) is 12.5 Å². The molecule has 0 saturated carbocycles. The third kappa shape index (κ3) is 2.62. The molecule has 0 spiro atoms. The fourth-order valence-corrected chi connectivity index (χ4v) is 3.49. The predicted octanol–water partition coefficient (Wildman–Crippen LogP) is 2.86. The Labute approximate surface area is 140 Å². The number of amides is 2. The predicted molar refractivity (Wildman–Crippen MR) is 92.9 cm³/mol. The zero-order valence-corrected chi connectivity index (χ0v) is 13.6. The maximum Gasteiger partial charge on any atom is 0.315 e. The van der Waals surface area contributed by atoms with E-state index < -0.39 is 0 Å². The van der Waals surface area contributed by atoms with E-state index in [0.717, 1.165) is 17.5 Å². The molecule has 2 heterocycles. The number of nitrogens with one attached hydrogen (secondary N) is 2. The summed E-state index contributed by atoms with van der Waals surface area (Å²) >= 11 is 0. The highest BCUT2D eigenvalue weighted by molar-refractivity contribution is 5.75. The fourth-order valence-electron chi connectivity index (χ4n) is 3.49. The van der Waals surface area contributed by atoms with Gasteiger partial charge in [0.25, 0.3) is 0 Å². The van der Waals surface area contributed by atoms with Crippen molar-refractivity contribution in [2.45, 2.75) is 31.8 Å². The SMILES string of the molecule is C[C@H]1c2ccccc2C[C@H]1NC(=O)NCc1cnn2ccccc12. The zero-order chi connectivity index (χ0) is 16.5. The van der Waals surface area contributed by atoms with E-state index in [9.17, 15) is 4.79 Å². The van der Waals surface area contributed by atoms with Gasteiger partial charge in [0.15, 0.2) is 0 Å². The van der Waals surface area contributed by atoms with Gasteiger partial charge in [0, 0.05) is 30.3 Å². The van der Waals surface area contributed by atoms with Gasteiger partial charge in [-0.25, -0.2) is 9.31 Å². The van der Waals surface area contributed by atoms with E-state index in [-0.39, 0.29) is 12.1 Å². The highest BCUT2D eigenvalue weighted by Crippen LogP contribution is 2.32. The molecule has 24 heavy (non-hydrogen) atoms. The van der Waals surface area contributed by atoms with Crippen LogP contribution in [0.2, 0.25) is 0 Å². The Kier molecular flexibility index (Phi) is 3.69. The minimum atomic E-state index is -0.130. The van der Waals surface area contributed by atoms with Gasteiger partial charge in [-0.05, 0) is 29.7 Å². The van der Waals surface area contributed by atoms with Crippen LogP contribution >= 0.6 is 0 Å². The summed E-state index contributed by atoms with van der Waals surface area (Å²) in [5.74, 6) is 0.337. The van der Waals surface area contributed by atoms with Gasteiger partial charge in [0.1, 0.15) is 0 Å². The van der Waals surface area contributed by atoms with Gasteiger partial charge < -0.3 is 10.6 Å². The summed E-state index contributed by atoms with van der Waals surface area (Å²) < 4.78 is 1.81. The normalized spacial score (nSPS) is 19.2. The van der Waals surface area contributed by atoms with Gasteiger partial charge in [0.2, 0.25) is 0 Å². The number of fused-ring (bicyclic) bond motifs is 2. The molecule has 0 fully saturated rings. The third-order valence-electron chi connectivity index (χ3n) is 4.85. The number of carbonyl (C=O) groups excluding carboxylic acids is 1. The highest BCUT2D eigenvalue weighted by Gasteiger charge is 2.29. The largest absolute Gasteiger partial charge is 0.334 e. The topological polar surface area (TPSA) is 58.4 Å². The van der Waals surface area contributed by atoms with E-state index in [1.165, 1.54) is 11.1 Å². The summed E-state index contributed by atoms with van der Waals surface area (Å²) in [6.45, 7) is 2.63. The van der Waals surface area contributed by atoms with Gasteiger partial charge in [-0.3, -0.25) is 0 Å². The molecule has 4 rings (SSSR count). The number of rotatable bonds is 3. The lowest BCUT2D eigenvalue weighted by atomic mass is 10.0.